The van der Waals surface area contributed by atoms with Gasteiger partial charge in [-0.05, 0) is 37.5 Å². The number of hydrogen-bond donors (Lipinski definition) is 0. The SMILES string of the molecule is CCN(Cc1ccccc1)C(=O)CCN(C(=O)COc1ccccc1OC)C1CC1. The molecule has 2 aromatic carbocycles. The Kier molecular flexibility index (Phi) is 7.71. The summed E-state index contributed by atoms with van der Waals surface area (Å²) in [5.41, 5.74) is 1.10. The van der Waals surface area contributed by atoms with Gasteiger partial charge in [0.1, 0.15) is 0 Å². The normalized spacial score (nSPS) is 12.9. The van der Waals surface area contributed by atoms with Crippen LogP contribution in [-0.4, -0.2) is 54.5 Å². The molecule has 0 heterocycles. The van der Waals surface area contributed by atoms with E-state index in [0.717, 1.165) is 18.4 Å². The molecule has 0 N–H and O–H groups in total. The molecule has 0 aromatic heterocycles. The number of hydrogen-bond acceptors (Lipinski definition) is 4. The summed E-state index contributed by atoms with van der Waals surface area (Å²) in [6.45, 7) is 3.56. The van der Waals surface area contributed by atoms with Crippen LogP contribution in [0.2, 0.25) is 0 Å². The Morgan fingerprint density at radius 1 is 0.967 bits per heavy atom. The fourth-order valence-corrected chi connectivity index (χ4v) is 3.41. The largest absolute Gasteiger partial charge is 0.493 e. The minimum Gasteiger partial charge on any atom is -0.493 e. The summed E-state index contributed by atoms with van der Waals surface area (Å²) in [6, 6.07) is 17.4. The van der Waals surface area contributed by atoms with Crippen LogP contribution in [0.15, 0.2) is 54.6 Å². The third-order valence-electron chi connectivity index (χ3n) is 5.25. The number of carbonyl (C=O) groups excluding carboxylic acids is 2. The van der Waals surface area contributed by atoms with Gasteiger partial charge in [0.15, 0.2) is 18.1 Å². The van der Waals surface area contributed by atoms with Gasteiger partial charge in [-0.3, -0.25) is 9.59 Å². The lowest BCUT2D eigenvalue weighted by atomic mass is 10.2. The zero-order chi connectivity index (χ0) is 21.3. The van der Waals surface area contributed by atoms with Gasteiger partial charge in [-0.25, -0.2) is 0 Å². The molecular formula is C24H30N2O4. The highest BCUT2D eigenvalue weighted by atomic mass is 16.5. The monoisotopic (exact) mass is 410 g/mol. The van der Waals surface area contributed by atoms with Crippen LogP contribution in [0.5, 0.6) is 11.5 Å². The van der Waals surface area contributed by atoms with E-state index in [1.165, 1.54) is 0 Å². The Morgan fingerprint density at radius 2 is 1.63 bits per heavy atom. The average Bonchev–Trinajstić information content (AvgIpc) is 3.62. The number of nitrogens with zero attached hydrogens (tertiary/aromatic N) is 2. The van der Waals surface area contributed by atoms with E-state index in [1.807, 2.05) is 54.3 Å². The molecule has 160 valence electrons. The van der Waals surface area contributed by atoms with Gasteiger partial charge in [-0.2, -0.15) is 0 Å². The molecule has 0 unspecified atom stereocenters. The quantitative estimate of drug-likeness (QED) is 0.569. The Bertz CT molecular complexity index is 836. The van der Waals surface area contributed by atoms with Crippen molar-refractivity contribution in [3.8, 4) is 11.5 Å². The minimum atomic E-state index is -0.0951. The fraction of sp³-hybridized carbons (Fsp3) is 0.417. The first-order valence-corrected chi connectivity index (χ1v) is 10.5. The lowest BCUT2D eigenvalue weighted by Crippen LogP contribution is -2.40. The number of amides is 2. The predicted octanol–water partition coefficient (Wildman–Crippen LogP) is 3.50. The van der Waals surface area contributed by atoms with E-state index in [2.05, 4.69) is 0 Å². The average molecular weight is 411 g/mol. The molecule has 6 heteroatoms. The second-order valence-electron chi connectivity index (χ2n) is 7.40. The lowest BCUT2D eigenvalue weighted by Gasteiger charge is -2.25. The molecule has 1 aliphatic carbocycles. The molecule has 0 atom stereocenters. The molecular weight excluding hydrogens is 380 g/mol. The first kappa shape index (κ1) is 21.7. The van der Waals surface area contributed by atoms with Gasteiger partial charge in [-0.1, -0.05) is 42.5 Å². The molecule has 0 spiro atoms. The highest BCUT2D eigenvalue weighted by Gasteiger charge is 2.33. The van der Waals surface area contributed by atoms with Gasteiger partial charge in [0.05, 0.1) is 7.11 Å². The lowest BCUT2D eigenvalue weighted by molar-refractivity contribution is -0.136. The Hall–Kier alpha value is -3.02. The first-order chi connectivity index (χ1) is 14.6. The van der Waals surface area contributed by atoms with Crippen molar-refractivity contribution in [2.75, 3.05) is 26.8 Å². The minimum absolute atomic E-state index is 0.0606. The number of benzene rings is 2. The number of rotatable bonds is 11. The second kappa shape index (κ2) is 10.7. The maximum atomic E-state index is 12.8. The summed E-state index contributed by atoms with van der Waals surface area (Å²) in [6.07, 6.45) is 2.28. The molecule has 0 bridgehead atoms. The van der Waals surface area contributed by atoms with Crippen molar-refractivity contribution in [1.82, 2.24) is 9.80 Å². The van der Waals surface area contributed by atoms with Crippen LogP contribution in [0.25, 0.3) is 0 Å². The molecule has 2 amide bonds. The molecule has 2 aromatic rings. The molecule has 1 fully saturated rings. The van der Waals surface area contributed by atoms with Crippen LogP contribution >= 0.6 is 0 Å². The maximum Gasteiger partial charge on any atom is 0.260 e. The molecule has 6 nitrogen and oxygen atoms in total. The van der Waals surface area contributed by atoms with Crippen molar-refractivity contribution in [3.63, 3.8) is 0 Å². The van der Waals surface area contributed by atoms with Crippen LogP contribution in [0.1, 0.15) is 31.7 Å². The van der Waals surface area contributed by atoms with Gasteiger partial charge in [0, 0.05) is 32.1 Å². The fourth-order valence-electron chi connectivity index (χ4n) is 3.41. The Morgan fingerprint density at radius 3 is 2.27 bits per heavy atom. The molecule has 3 rings (SSSR count). The van der Waals surface area contributed by atoms with E-state index in [1.54, 1.807) is 24.1 Å². The van der Waals surface area contributed by atoms with E-state index in [0.29, 0.717) is 37.6 Å². The van der Waals surface area contributed by atoms with Gasteiger partial charge >= 0.3 is 0 Å². The van der Waals surface area contributed by atoms with Crippen molar-refractivity contribution in [3.05, 3.63) is 60.2 Å². The number of methoxy groups -OCH3 is 1. The highest BCUT2D eigenvalue weighted by Crippen LogP contribution is 2.29. The summed E-state index contributed by atoms with van der Waals surface area (Å²) >= 11 is 0. The van der Waals surface area contributed by atoms with Gasteiger partial charge in [0.2, 0.25) is 5.91 Å². The third-order valence-corrected chi connectivity index (χ3v) is 5.25. The molecule has 0 radical (unpaired) electrons. The van der Waals surface area contributed by atoms with E-state index < -0.39 is 0 Å². The van der Waals surface area contributed by atoms with Crippen molar-refractivity contribution in [1.29, 1.82) is 0 Å². The standard InChI is InChI=1S/C24H30N2O4/c1-3-25(17-19-9-5-4-6-10-19)23(27)15-16-26(20-13-14-20)24(28)18-30-22-12-8-7-11-21(22)29-2/h4-12,20H,3,13-18H2,1-2H3. The zero-order valence-electron chi connectivity index (χ0n) is 17.8. The second-order valence-corrected chi connectivity index (χ2v) is 7.40. The van der Waals surface area contributed by atoms with E-state index in [-0.39, 0.29) is 24.5 Å². The van der Waals surface area contributed by atoms with Gasteiger partial charge in [0.25, 0.3) is 5.91 Å². The molecule has 0 aliphatic heterocycles. The third kappa shape index (κ3) is 5.99. The predicted molar refractivity (Wildman–Crippen MR) is 115 cm³/mol. The van der Waals surface area contributed by atoms with Gasteiger partial charge in [-0.15, -0.1) is 0 Å². The Labute approximate surface area is 178 Å². The van der Waals surface area contributed by atoms with Crippen LogP contribution in [-0.2, 0) is 16.1 Å². The van der Waals surface area contributed by atoms with Gasteiger partial charge < -0.3 is 19.3 Å². The first-order valence-electron chi connectivity index (χ1n) is 10.5. The molecule has 1 aliphatic rings. The highest BCUT2D eigenvalue weighted by molar-refractivity contribution is 5.80. The van der Waals surface area contributed by atoms with Crippen molar-refractivity contribution < 1.29 is 19.1 Å². The molecule has 0 saturated heterocycles. The Balaban J connectivity index is 1.53. The van der Waals surface area contributed by atoms with Crippen molar-refractivity contribution in [2.24, 2.45) is 0 Å². The van der Waals surface area contributed by atoms with Crippen LogP contribution in [0.4, 0.5) is 0 Å². The molecule has 30 heavy (non-hydrogen) atoms. The van der Waals surface area contributed by atoms with E-state index in [9.17, 15) is 9.59 Å². The summed E-state index contributed by atoms with van der Waals surface area (Å²) in [7, 11) is 1.57. The summed E-state index contributed by atoms with van der Waals surface area (Å²) < 4.78 is 11.0. The number of ether oxygens (including phenoxy) is 2. The maximum absolute atomic E-state index is 12.8. The summed E-state index contributed by atoms with van der Waals surface area (Å²) in [5, 5.41) is 0. The number of carbonyl (C=O) groups is 2. The van der Waals surface area contributed by atoms with Crippen LogP contribution in [0.3, 0.4) is 0 Å². The smallest absolute Gasteiger partial charge is 0.260 e. The van der Waals surface area contributed by atoms with Crippen LogP contribution < -0.4 is 9.47 Å². The van der Waals surface area contributed by atoms with Crippen LogP contribution in [0, 0.1) is 0 Å². The molecule has 1 saturated carbocycles. The summed E-state index contributed by atoms with van der Waals surface area (Å²) in [4.78, 5) is 29.2. The van der Waals surface area contributed by atoms with E-state index >= 15 is 0 Å². The topological polar surface area (TPSA) is 59.1 Å². The van der Waals surface area contributed by atoms with Crippen molar-refractivity contribution >= 4 is 11.8 Å². The van der Waals surface area contributed by atoms with Crippen molar-refractivity contribution in [2.45, 2.75) is 38.8 Å². The number of para-hydroxylation sites is 2. The summed E-state index contributed by atoms with van der Waals surface area (Å²) in [5.74, 6) is 1.10. The zero-order valence-corrected chi connectivity index (χ0v) is 17.8. The van der Waals surface area contributed by atoms with E-state index in [4.69, 9.17) is 9.47 Å².